The number of fused-ring (bicyclic) bond motifs is 1. The molecule has 3 aromatic heterocycles. The molecule has 0 spiro atoms. The molecule has 0 amide bonds. The van der Waals surface area contributed by atoms with Crippen molar-refractivity contribution in [3.8, 4) is 5.69 Å². The van der Waals surface area contributed by atoms with Gasteiger partial charge in [-0.3, -0.25) is 9.36 Å². The normalized spacial score (nSPS) is 11.2. The van der Waals surface area contributed by atoms with E-state index in [-0.39, 0.29) is 11.5 Å². The van der Waals surface area contributed by atoms with Crippen LogP contribution in [0.4, 0.5) is 0 Å². The number of hydrogen-bond donors (Lipinski definition) is 0. The summed E-state index contributed by atoms with van der Waals surface area (Å²) in [7, 11) is 0. The molecule has 0 N–H and O–H groups in total. The molecule has 9 heteroatoms. The van der Waals surface area contributed by atoms with Crippen molar-refractivity contribution >= 4 is 50.9 Å². The van der Waals surface area contributed by atoms with Crippen molar-refractivity contribution in [2.24, 2.45) is 0 Å². The molecule has 31 heavy (non-hydrogen) atoms. The topological polar surface area (TPSA) is 73.8 Å². The Balaban J connectivity index is 1.38. The maximum atomic E-state index is 12.3. The average Bonchev–Trinajstić information content (AvgIpc) is 3.56. The first-order chi connectivity index (χ1) is 15.3. The first kappa shape index (κ1) is 20.0. The lowest BCUT2D eigenvalue weighted by Crippen LogP contribution is -2.05. The van der Waals surface area contributed by atoms with E-state index < -0.39 is 0 Å². The fourth-order valence-corrected chi connectivity index (χ4v) is 5.82. The summed E-state index contributed by atoms with van der Waals surface area (Å²) in [4.78, 5) is 17.0. The van der Waals surface area contributed by atoms with Crippen LogP contribution in [0, 0.1) is 0 Å². The number of para-hydroxylation sites is 2. The predicted octanol–water partition coefficient (Wildman–Crippen LogP) is 5.74. The lowest BCUT2D eigenvalue weighted by Gasteiger charge is -2.09. The Kier molecular flexibility index (Phi) is 5.88. The molecule has 0 unspecified atom stereocenters. The Morgan fingerprint density at radius 1 is 0.968 bits per heavy atom. The molecule has 3 heterocycles. The van der Waals surface area contributed by atoms with Crippen LogP contribution in [0.2, 0.25) is 0 Å². The Bertz CT molecular complexity index is 1280. The van der Waals surface area contributed by atoms with Crippen LogP contribution in [0.5, 0.6) is 0 Å². The van der Waals surface area contributed by atoms with Gasteiger partial charge in [-0.2, -0.15) is 0 Å². The van der Waals surface area contributed by atoms with Gasteiger partial charge in [0.1, 0.15) is 5.82 Å². The number of Topliss-reactive ketones (excluding diaryl/α,β-unsaturated/α-hetero) is 1. The van der Waals surface area contributed by atoms with Crippen LogP contribution < -0.4 is 0 Å². The zero-order chi connectivity index (χ0) is 21.0. The second-order valence-corrected chi connectivity index (χ2v) is 9.69. The van der Waals surface area contributed by atoms with Gasteiger partial charge >= 0.3 is 0 Å². The third-order valence-corrected chi connectivity index (χ3v) is 7.55. The van der Waals surface area contributed by atoms with Crippen molar-refractivity contribution in [1.29, 1.82) is 0 Å². The summed E-state index contributed by atoms with van der Waals surface area (Å²) in [6, 6.07) is 21.4. The number of nitrogens with zero attached hydrogens (tertiary/aromatic N) is 4. The zero-order valence-corrected chi connectivity index (χ0v) is 18.6. The van der Waals surface area contributed by atoms with Crippen LogP contribution in [0.25, 0.3) is 15.9 Å². The number of hydrogen-bond acceptors (Lipinski definition) is 8. The quantitative estimate of drug-likeness (QED) is 0.214. The predicted molar refractivity (Wildman–Crippen MR) is 124 cm³/mol. The molecule has 0 saturated heterocycles. The van der Waals surface area contributed by atoms with E-state index in [0.29, 0.717) is 16.7 Å². The fraction of sp³-hybridized carbons (Fsp3) is 0.0909. The number of thiazole rings is 1. The lowest BCUT2D eigenvalue weighted by atomic mass is 10.3. The highest BCUT2D eigenvalue weighted by atomic mass is 32.2. The Hall–Kier alpha value is -2.88. The molecule has 154 valence electrons. The van der Waals surface area contributed by atoms with Crippen LogP contribution >= 0.6 is 34.9 Å². The minimum Gasteiger partial charge on any atom is -0.461 e. The second-order valence-electron chi connectivity index (χ2n) is 6.50. The summed E-state index contributed by atoms with van der Waals surface area (Å²) in [5, 5.41) is 9.45. The molecule has 0 radical (unpaired) electrons. The molecule has 5 rings (SSSR count). The van der Waals surface area contributed by atoms with Crippen molar-refractivity contribution in [2.75, 3.05) is 5.75 Å². The molecule has 2 aromatic carbocycles. The maximum Gasteiger partial charge on any atom is 0.208 e. The van der Waals surface area contributed by atoms with Gasteiger partial charge in [0.15, 0.2) is 15.3 Å². The van der Waals surface area contributed by atoms with E-state index >= 15 is 0 Å². The number of benzene rings is 2. The summed E-state index contributed by atoms with van der Waals surface area (Å²) in [6.07, 6.45) is 1.50. The lowest BCUT2D eigenvalue weighted by molar-refractivity contribution is 0.0992. The monoisotopic (exact) mass is 464 g/mol. The summed E-state index contributed by atoms with van der Waals surface area (Å²) in [5.74, 6) is 1.93. The highest BCUT2D eigenvalue weighted by molar-refractivity contribution is 8.00. The average molecular weight is 465 g/mol. The molecule has 0 fully saturated rings. The molecule has 0 aliphatic rings. The number of carbonyl (C=O) groups is 1. The fourth-order valence-electron chi connectivity index (χ4n) is 3.00. The van der Waals surface area contributed by atoms with Crippen molar-refractivity contribution < 1.29 is 9.21 Å². The highest BCUT2D eigenvalue weighted by Crippen LogP contribution is 2.32. The van der Waals surface area contributed by atoms with Gasteiger partial charge in [-0.15, -0.1) is 21.5 Å². The molecule has 6 nitrogen and oxygen atoms in total. The van der Waals surface area contributed by atoms with E-state index in [1.54, 1.807) is 35.2 Å². The van der Waals surface area contributed by atoms with Crippen molar-refractivity contribution in [2.45, 2.75) is 15.2 Å². The zero-order valence-electron chi connectivity index (χ0n) is 16.2. The second kappa shape index (κ2) is 9.09. The van der Waals surface area contributed by atoms with Crippen LogP contribution in [-0.2, 0) is 5.75 Å². The van der Waals surface area contributed by atoms with Crippen molar-refractivity contribution in [3.63, 3.8) is 0 Å². The summed E-state index contributed by atoms with van der Waals surface area (Å²) < 4.78 is 9.36. The molecule has 0 aliphatic carbocycles. The minimum absolute atomic E-state index is 0.0805. The molecular formula is C22H16N4O2S3. The van der Waals surface area contributed by atoms with Crippen LogP contribution in [0.3, 0.4) is 0 Å². The summed E-state index contributed by atoms with van der Waals surface area (Å²) >= 11 is 4.66. The SMILES string of the molecule is O=C(CSc1nnc(CSc2nc3ccccc3s2)n1-c1ccccc1)c1ccco1. The standard InChI is InChI=1S/C22H16N4O2S3/c27-17(18-10-6-12-28-18)13-29-21-25-24-20(26(21)15-7-2-1-3-8-15)14-30-22-23-16-9-4-5-11-19(16)31-22/h1-12H,13-14H2. The molecule has 0 aliphatic heterocycles. The molecule has 0 bridgehead atoms. The van der Waals surface area contributed by atoms with Crippen molar-refractivity contribution in [1.82, 2.24) is 19.7 Å². The number of furan rings is 1. The minimum atomic E-state index is -0.0805. The van der Waals surface area contributed by atoms with E-state index in [2.05, 4.69) is 21.2 Å². The Morgan fingerprint density at radius 2 is 1.81 bits per heavy atom. The van der Waals surface area contributed by atoms with Crippen LogP contribution in [-0.4, -0.2) is 31.3 Å². The number of thioether (sulfide) groups is 2. The number of carbonyl (C=O) groups excluding carboxylic acids is 1. The van der Waals surface area contributed by atoms with Gasteiger partial charge in [0.05, 0.1) is 28.0 Å². The van der Waals surface area contributed by atoms with E-state index in [1.807, 2.05) is 53.1 Å². The smallest absolute Gasteiger partial charge is 0.208 e. The van der Waals surface area contributed by atoms with Gasteiger partial charge in [0.2, 0.25) is 5.78 Å². The Labute approximate surface area is 190 Å². The number of ketones is 1. The Morgan fingerprint density at radius 3 is 2.61 bits per heavy atom. The highest BCUT2D eigenvalue weighted by Gasteiger charge is 2.18. The van der Waals surface area contributed by atoms with E-state index in [0.717, 1.165) is 21.4 Å². The first-order valence-electron chi connectivity index (χ1n) is 9.45. The van der Waals surface area contributed by atoms with Gasteiger partial charge < -0.3 is 4.42 Å². The third-order valence-electron chi connectivity index (χ3n) is 4.44. The number of rotatable bonds is 8. The molecule has 0 atom stereocenters. The van der Waals surface area contributed by atoms with Crippen molar-refractivity contribution in [3.05, 3.63) is 84.6 Å². The first-order valence-corrected chi connectivity index (χ1v) is 12.2. The van der Waals surface area contributed by atoms with E-state index in [4.69, 9.17) is 4.42 Å². The molecular weight excluding hydrogens is 448 g/mol. The third kappa shape index (κ3) is 4.43. The largest absolute Gasteiger partial charge is 0.461 e. The molecule has 5 aromatic rings. The van der Waals surface area contributed by atoms with Gasteiger partial charge in [-0.1, -0.05) is 53.9 Å². The summed E-state index contributed by atoms with van der Waals surface area (Å²) in [5.41, 5.74) is 1.97. The van der Waals surface area contributed by atoms with Gasteiger partial charge in [-0.05, 0) is 36.4 Å². The van der Waals surface area contributed by atoms with E-state index in [9.17, 15) is 4.79 Å². The van der Waals surface area contributed by atoms with Crippen LogP contribution in [0.15, 0.2) is 86.9 Å². The van der Waals surface area contributed by atoms with Gasteiger partial charge in [0.25, 0.3) is 0 Å². The van der Waals surface area contributed by atoms with Gasteiger partial charge in [-0.25, -0.2) is 4.98 Å². The summed E-state index contributed by atoms with van der Waals surface area (Å²) in [6.45, 7) is 0. The maximum absolute atomic E-state index is 12.3. The molecule has 0 saturated carbocycles. The van der Waals surface area contributed by atoms with E-state index in [1.165, 1.54) is 22.7 Å². The van der Waals surface area contributed by atoms with Crippen LogP contribution in [0.1, 0.15) is 16.4 Å². The van der Waals surface area contributed by atoms with Gasteiger partial charge in [0, 0.05) is 5.69 Å². The number of aromatic nitrogens is 4.